The van der Waals surface area contributed by atoms with Crippen LogP contribution >= 0.6 is 7.92 Å². The van der Waals surface area contributed by atoms with Crippen LogP contribution in [-0.4, -0.2) is 19.3 Å². The molecule has 2 nitrogen and oxygen atoms in total. The van der Waals surface area contributed by atoms with E-state index >= 15 is 0 Å². The van der Waals surface area contributed by atoms with Crippen LogP contribution in [0.15, 0.2) is 42.5 Å². The van der Waals surface area contributed by atoms with Crippen LogP contribution in [-0.2, 0) is 21.8 Å². The van der Waals surface area contributed by atoms with Crippen LogP contribution in [0.2, 0.25) is 0 Å². The molecular formula is C33H52NOPS. The second-order valence-corrected chi connectivity index (χ2v) is 21.1. The minimum Gasteiger partial charge on any atom is -0.242 e. The van der Waals surface area contributed by atoms with Crippen LogP contribution in [0.5, 0.6) is 0 Å². The molecule has 0 radical (unpaired) electrons. The number of hydrogen-bond donors (Lipinski definition) is 1. The van der Waals surface area contributed by atoms with E-state index in [1.165, 1.54) is 40.4 Å². The van der Waals surface area contributed by atoms with Crippen molar-refractivity contribution in [2.75, 3.05) is 0 Å². The van der Waals surface area contributed by atoms with Gasteiger partial charge < -0.3 is 0 Å². The molecule has 1 aliphatic rings. The highest BCUT2D eigenvalue weighted by Gasteiger charge is 2.40. The number of nitrogens with one attached hydrogen (secondary N) is 1. The van der Waals surface area contributed by atoms with Crippen LogP contribution in [0.4, 0.5) is 0 Å². The molecule has 2 aromatic carbocycles. The van der Waals surface area contributed by atoms with E-state index in [4.69, 9.17) is 0 Å². The van der Waals surface area contributed by atoms with E-state index in [1.54, 1.807) is 0 Å². The van der Waals surface area contributed by atoms with E-state index in [-0.39, 0.29) is 31.9 Å². The van der Waals surface area contributed by atoms with Crippen molar-refractivity contribution in [3.8, 4) is 0 Å². The first-order valence-corrected chi connectivity index (χ1v) is 16.4. The van der Waals surface area contributed by atoms with Crippen LogP contribution in [0.3, 0.4) is 0 Å². The third-order valence-electron chi connectivity index (χ3n) is 7.82. The summed E-state index contributed by atoms with van der Waals surface area (Å²) >= 11 is 0. The van der Waals surface area contributed by atoms with Crippen molar-refractivity contribution in [3.63, 3.8) is 0 Å². The lowest BCUT2D eigenvalue weighted by Gasteiger charge is -2.44. The minimum atomic E-state index is -1.21. The molecule has 3 rings (SSSR count). The SMILES string of the molecule is CC1(C)CCC(C)(C)c2cc(C(NS(=O)C(C)(C)C)c3ccccc3P(C(C)(C)C)C(C)(C)C)ccc21. The fraction of sp³-hybridized carbons (Fsp3) is 0.636. The van der Waals surface area contributed by atoms with Gasteiger partial charge in [0.15, 0.2) is 0 Å². The summed E-state index contributed by atoms with van der Waals surface area (Å²) < 4.78 is 16.9. The van der Waals surface area contributed by atoms with Crippen molar-refractivity contribution in [1.82, 2.24) is 4.72 Å². The Hall–Kier alpha value is -1.02. The zero-order valence-electron chi connectivity index (χ0n) is 25.8. The molecule has 0 saturated carbocycles. The Balaban J connectivity index is 2.29. The Morgan fingerprint density at radius 1 is 0.784 bits per heavy atom. The molecule has 0 heterocycles. The molecule has 37 heavy (non-hydrogen) atoms. The van der Waals surface area contributed by atoms with Gasteiger partial charge in [0.1, 0.15) is 0 Å². The van der Waals surface area contributed by atoms with Gasteiger partial charge in [-0.25, -0.2) is 8.93 Å². The van der Waals surface area contributed by atoms with E-state index in [1.807, 2.05) is 0 Å². The number of hydrogen-bond acceptors (Lipinski definition) is 1. The Bertz CT molecular complexity index is 1130. The van der Waals surface area contributed by atoms with E-state index < -0.39 is 18.9 Å². The normalized spacial score (nSPS) is 19.4. The summed E-state index contributed by atoms with van der Waals surface area (Å²) in [5.74, 6) is 0. The lowest BCUT2D eigenvalue weighted by molar-refractivity contribution is 0.331. The molecule has 2 atom stereocenters. The Morgan fingerprint density at radius 2 is 1.30 bits per heavy atom. The van der Waals surface area contributed by atoms with Crippen LogP contribution in [0.1, 0.15) is 131 Å². The topological polar surface area (TPSA) is 29.1 Å². The van der Waals surface area contributed by atoms with Crippen molar-refractivity contribution in [3.05, 3.63) is 64.7 Å². The third-order valence-corrected chi connectivity index (χ3v) is 13.0. The highest BCUT2D eigenvalue weighted by Crippen LogP contribution is 2.59. The standard InChI is InChI=1S/C33H52NOPS/c1-29(2,3)36(30(4,5)6)27-17-15-14-16-24(27)28(34-37(35)31(7,8)9)23-18-19-25-26(22-23)33(12,13)21-20-32(25,10)11/h14-19,22,28,34H,20-21H2,1-13H3. The molecule has 1 aliphatic carbocycles. The summed E-state index contributed by atoms with van der Waals surface area (Å²) in [4.78, 5) is 0. The molecule has 0 bridgehead atoms. The van der Waals surface area contributed by atoms with Gasteiger partial charge in [0.2, 0.25) is 0 Å². The van der Waals surface area contributed by atoms with E-state index in [0.717, 1.165) is 0 Å². The van der Waals surface area contributed by atoms with Gasteiger partial charge in [-0.15, -0.1) is 0 Å². The van der Waals surface area contributed by atoms with Crippen LogP contribution in [0.25, 0.3) is 0 Å². The molecule has 0 spiro atoms. The second kappa shape index (κ2) is 10.2. The van der Waals surface area contributed by atoms with Gasteiger partial charge in [-0.2, -0.15) is 0 Å². The first kappa shape index (κ1) is 30.5. The lowest BCUT2D eigenvalue weighted by Crippen LogP contribution is -2.40. The molecule has 1 N–H and O–H groups in total. The average Bonchev–Trinajstić information content (AvgIpc) is 2.73. The van der Waals surface area contributed by atoms with E-state index in [2.05, 4.69) is 137 Å². The van der Waals surface area contributed by atoms with Crippen molar-refractivity contribution < 1.29 is 4.21 Å². The van der Waals surface area contributed by atoms with Gasteiger partial charge >= 0.3 is 0 Å². The molecule has 2 unspecified atom stereocenters. The van der Waals surface area contributed by atoms with Gasteiger partial charge in [0, 0.05) is 0 Å². The van der Waals surface area contributed by atoms with Gasteiger partial charge in [0.05, 0.1) is 21.8 Å². The zero-order chi connectivity index (χ0) is 28.2. The fourth-order valence-corrected chi connectivity index (χ4v) is 11.0. The number of benzene rings is 2. The largest absolute Gasteiger partial charge is 0.242 e. The monoisotopic (exact) mass is 541 g/mol. The summed E-state index contributed by atoms with van der Waals surface area (Å²) in [7, 11) is -1.73. The molecular weight excluding hydrogens is 489 g/mol. The molecule has 0 aliphatic heterocycles. The highest BCUT2D eigenvalue weighted by molar-refractivity contribution is 7.84. The molecule has 0 saturated heterocycles. The highest BCUT2D eigenvalue weighted by atomic mass is 32.2. The van der Waals surface area contributed by atoms with Crippen molar-refractivity contribution in [2.45, 2.75) is 135 Å². The van der Waals surface area contributed by atoms with Crippen LogP contribution < -0.4 is 10.0 Å². The Kier molecular flexibility index (Phi) is 8.40. The summed E-state index contributed by atoms with van der Waals surface area (Å²) in [6.07, 6.45) is 2.38. The maximum Gasteiger partial charge on any atom is 0.0979 e. The first-order valence-electron chi connectivity index (χ1n) is 13.9. The first-order chi connectivity index (χ1) is 16.7. The third kappa shape index (κ3) is 6.59. The predicted octanol–water partition coefficient (Wildman–Crippen LogP) is 8.88. The minimum absolute atomic E-state index is 0.123. The molecule has 0 fully saturated rings. The van der Waals surface area contributed by atoms with Gasteiger partial charge in [-0.3, -0.25) is 0 Å². The molecule has 2 aromatic rings. The molecule has 0 amide bonds. The lowest BCUT2D eigenvalue weighted by atomic mass is 9.63. The maximum atomic E-state index is 13.6. The predicted molar refractivity (Wildman–Crippen MR) is 167 cm³/mol. The summed E-state index contributed by atoms with van der Waals surface area (Å²) in [6, 6.07) is 15.9. The zero-order valence-corrected chi connectivity index (χ0v) is 27.5. The van der Waals surface area contributed by atoms with Gasteiger partial charge in [-0.05, 0) is 82.3 Å². The molecule has 206 valence electrons. The van der Waals surface area contributed by atoms with Crippen molar-refractivity contribution >= 4 is 24.2 Å². The van der Waals surface area contributed by atoms with E-state index in [0.29, 0.717) is 0 Å². The fourth-order valence-electron chi connectivity index (χ4n) is 6.04. The molecule has 4 heteroatoms. The average molecular weight is 542 g/mol. The summed E-state index contributed by atoms with van der Waals surface area (Å²) in [6.45, 7) is 29.9. The molecule has 0 aromatic heterocycles. The van der Waals surface area contributed by atoms with Crippen molar-refractivity contribution in [1.29, 1.82) is 0 Å². The maximum absolute atomic E-state index is 13.6. The Morgan fingerprint density at radius 3 is 1.81 bits per heavy atom. The van der Waals surface area contributed by atoms with Gasteiger partial charge in [-0.1, -0.05) is 120 Å². The van der Waals surface area contributed by atoms with Crippen molar-refractivity contribution in [2.24, 2.45) is 0 Å². The summed E-state index contributed by atoms with van der Waals surface area (Å²) in [5, 5.41) is 1.69. The van der Waals surface area contributed by atoms with Gasteiger partial charge in [0.25, 0.3) is 0 Å². The van der Waals surface area contributed by atoms with Crippen LogP contribution in [0, 0.1) is 0 Å². The number of fused-ring (bicyclic) bond motifs is 1. The number of rotatable bonds is 5. The second-order valence-electron chi connectivity index (χ2n) is 15.2. The van der Waals surface area contributed by atoms with E-state index in [9.17, 15) is 4.21 Å². The quantitative estimate of drug-likeness (QED) is 0.376. The smallest absolute Gasteiger partial charge is 0.0979 e. The summed E-state index contributed by atoms with van der Waals surface area (Å²) in [5.41, 5.74) is 5.68. The Labute approximate surface area is 232 Å².